The standard InChI is InChI=1S/C11H18N3/c1-9(2)7-14-5-3-4-11-10(8-14)6-12-13-11/h9H,3-5,7-8H2,1-2H3,(H,12,13). The summed E-state index contributed by atoms with van der Waals surface area (Å²) < 4.78 is 0. The van der Waals surface area contributed by atoms with Crippen LogP contribution in [0.3, 0.4) is 0 Å². The molecule has 1 aliphatic heterocycles. The van der Waals surface area contributed by atoms with Crippen molar-refractivity contribution in [2.24, 2.45) is 5.92 Å². The van der Waals surface area contributed by atoms with E-state index in [1.807, 2.05) is 0 Å². The topological polar surface area (TPSA) is 31.9 Å². The third kappa shape index (κ3) is 2.15. The van der Waals surface area contributed by atoms with Gasteiger partial charge in [-0.1, -0.05) is 13.8 Å². The van der Waals surface area contributed by atoms with Gasteiger partial charge in [-0.2, -0.15) is 5.10 Å². The first-order valence-corrected chi connectivity index (χ1v) is 5.42. The largest absolute Gasteiger partial charge is 0.299 e. The van der Waals surface area contributed by atoms with E-state index in [1.165, 1.54) is 30.8 Å². The average Bonchev–Trinajstić information content (AvgIpc) is 2.44. The number of hydrogen-bond acceptors (Lipinski definition) is 2. The van der Waals surface area contributed by atoms with Crippen LogP contribution in [0.1, 0.15) is 31.5 Å². The van der Waals surface area contributed by atoms with Crippen molar-refractivity contribution in [3.8, 4) is 0 Å². The zero-order valence-electron chi connectivity index (χ0n) is 9.01. The summed E-state index contributed by atoms with van der Waals surface area (Å²) in [5.41, 5.74) is 2.56. The van der Waals surface area contributed by atoms with Crippen LogP contribution in [0.4, 0.5) is 0 Å². The maximum atomic E-state index is 3.98. The van der Waals surface area contributed by atoms with Gasteiger partial charge in [-0.15, -0.1) is 0 Å². The van der Waals surface area contributed by atoms with Crippen LogP contribution in [0.25, 0.3) is 0 Å². The molecule has 1 aliphatic rings. The maximum Gasteiger partial charge on any atom is 0.117 e. The number of aromatic nitrogens is 2. The van der Waals surface area contributed by atoms with Crippen LogP contribution in [0.2, 0.25) is 0 Å². The summed E-state index contributed by atoms with van der Waals surface area (Å²) in [7, 11) is 0. The number of nitrogens with zero attached hydrogens (tertiary/aromatic N) is 2. The highest BCUT2D eigenvalue weighted by molar-refractivity contribution is 5.16. The molecule has 2 heterocycles. The number of aryl methyl sites for hydroxylation is 1. The Morgan fingerprint density at radius 3 is 3.21 bits per heavy atom. The zero-order chi connectivity index (χ0) is 9.97. The fourth-order valence-corrected chi connectivity index (χ4v) is 2.09. The van der Waals surface area contributed by atoms with Crippen LogP contribution in [0.5, 0.6) is 0 Å². The van der Waals surface area contributed by atoms with Gasteiger partial charge in [0.1, 0.15) is 6.20 Å². The highest BCUT2D eigenvalue weighted by Gasteiger charge is 2.16. The number of aromatic amines is 1. The number of fused-ring (bicyclic) bond motifs is 1. The predicted octanol–water partition coefficient (Wildman–Crippen LogP) is 1.61. The summed E-state index contributed by atoms with van der Waals surface area (Å²) in [6.45, 7) is 7.94. The lowest BCUT2D eigenvalue weighted by atomic mass is 10.2. The Bertz CT molecular complexity index is 290. The molecular formula is C11H18N3. The molecule has 77 valence electrons. The number of rotatable bonds is 2. The Kier molecular flexibility index (Phi) is 2.87. The van der Waals surface area contributed by atoms with Crippen molar-refractivity contribution in [1.29, 1.82) is 0 Å². The second-order valence-corrected chi connectivity index (χ2v) is 4.53. The summed E-state index contributed by atoms with van der Waals surface area (Å²) in [5.74, 6) is 0.739. The van der Waals surface area contributed by atoms with Crippen molar-refractivity contribution in [1.82, 2.24) is 15.1 Å². The monoisotopic (exact) mass is 192 g/mol. The Hall–Kier alpha value is -0.830. The van der Waals surface area contributed by atoms with E-state index < -0.39 is 0 Å². The van der Waals surface area contributed by atoms with Crippen LogP contribution >= 0.6 is 0 Å². The van der Waals surface area contributed by atoms with Crippen molar-refractivity contribution >= 4 is 0 Å². The van der Waals surface area contributed by atoms with E-state index in [-0.39, 0.29) is 0 Å². The predicted molar refractivity (Wildman–Crippen MR) is 55.9 cm³/mol. The lowest BCUT2D eigenvalue weighted by Gasteiger charge is -2.21. The lowest BCUT2D eigenvalue weighted by molar-refractivity contribution is 0.239. The summed E-state index contributed by atoms with van der Waals surface area (Å²) >= 11 is 0. The van der Waals surface area contributed by atoms with E-state index in [4.69, 9.17) is 0 Å². The van der Waals surface area contributed by atoms with Gasteiger partial charge in [-0.25, -0.2) is 0 Å². The molecule has 3 heteroatoms. The molecule has 1 aromatic heterocycles. The zero-order valence-corrected chi connectivity index (χ0v) is 9.01. The normalized spacial score (nSPS) is 18.2. The molecule has 0 bridgehead atoms. The number of H-pyrrole nitrogens is 1. The minimum absolute atomic E-state index is 0.739. The first-order chi connectivity index (χ1) is 6.75. The SMILES string of the molecule is CC(C)CN1CCCc2[nH]n[c]c2C1. The van der Waals surface area contributed by atoms with Crippen LogP contribution in [-0.4, -0.2) is 28.2 Å². The molecule has 14 heavy (non-hydrogen) atoms. The number of hydrogen-bond donors (Lipinski definition) is 1. The maximum absolute atomic E-state index is 3.98. The third-order valence-electron chi connectivity index (χ3n) is 2.65. The molecule has 0 saturated heterocycles. The second-order valence-electron chi connectivity index (χ2n) is 4.53. The quantitative estimate of drug-likeness (QED) is 0.772. The second kappa shape index (κ2) is 4.13. The van der Waals surface area contributed by atoms with Gasteiger partial charge in [0.25, 0.3) is 0 Å². The fourth-order valence-electron chi connectivity index (χ4n) is 2.09. The highest BCUT2D eigenvalue weighted by Crippen LogP contribution is 2.16. The fraction of sp³-hybridized carbons (Fsp3) is 0.727. The van der Waals surface area contributed by atoms with Crippen molar-refractivity contribution in [2.75, 3.05) is 13.1 Å². The van der Waals surface area contributed by atoms with E-state index in [9.17, 15) is 0 Å². The lowest BCUT2D eigenvalue weighted by Crippen LogP contribution is -2.27. The minimum Gasteiger partial charge on any atom is -0.299 e. The van der Waals surface area contributed by atoms with Crippen LogP contribution in [0.15, 0.2) is 0 Å². The van der Waals surface area contributed by atoms with Gasteiger partial charge in [0.15, 0.2) is 0 Å². The molecule has 1 aromatic rings. The van der Waals surface area contributed by atoms with Gasteiger partial charge in [0.05, 0.1) is 0 Å². The summed E-state index contributed by atoms with van der Waals surface area (Å²) in [5, 5.41) is 7.02. The van der Waals surface area contributed by atoms with Gasteiger partial charge in [0.2, 0.25) is 0 Å². The molecule has 2 rings (SSSR count). The molecule has 0 amide bonds. The first kappa shape index (κ1) is 9.71. The molecule has 0 atom stereocenters. The molecule has 0 aromatic carbocycles. The van der Waals surface area contributed by atoms with Gasteiger partial charge in [0, 0.05) is 24.3 Å². The first-order valence-electron chi connectivity index (χ1n) is 5.42. The highest BCUT2D eigenvalue weighted by atomic mass is 15.2. The van der Waals surface area contributed by atoms with Crippen molar-refractivity contribution in [2.45, 2.75) is 33.2 Å². The molecule has 1 radical (unpaired) electrons. The molecular weight excluding hydrogens is 174 g/mol. The Morgan fingerprint density at radius 2 is 2.43 bits per heavy atom. The van der Waals surface area contributed by atoms with Gasteiger partial charge in [-0.05, 0) is 25.3 Å². The Morgan fingerprint density at radius 1 is 1.57 bits per heavy atom. The van der Waals surface area contributed by atoms with Gasteiger partial charge >= 0.3 is 0 Å². The minimum atomic E-state index is 0.739. The average molecular weight is 192 g/mol. The Labute approximate surface area is 85.5 Å². The van der Waals surface area contributed by atoms with Crippen molar-refractivity contribution < 1.29 is 0 Å². The van der Waals surface area contributed by atoms with E-state index in [2.05, 4.69) is 35.1 Å². The summed E-state index contributed by atoms with van der Waals surface area (Å²) in [4.78, 5) is 2.50. The van der Waals surface area contributed by atoms with Gasteiger partial charge in [-0.3, -0.25) is 10.00 Å². The van der Waals surface area contributed by atoms with Crippen molar-refractivity contribution in [3.05, 3.63) is 17.5 Å². The molecule has 0 aliphatic carbocycles. The van der Waals surface area contributed by atoms with Crippen molar-refractivity contribution in [3.63, 3.8) is 0 Å². The third-order valence-corrected chi connectivity index (χ3v) is 2.65. The van der Waals surface area contributed by atoms with Crippen LogP contribution < -0.4 is 0 Å². The molecule has 1 N–H and O–H groups in total. The van der Waals surface area contributed by atoms with E-state index in [0.29, 0.717) is 0 Å². The van der Waals surface area contributed by atoms with E-state index >= 15 is 0 Å². The van der Waals surface area contributed by atoms with E-state index in [0.717, 1.165) is 18.9 Å². The van der Waals surface area contributed by atoms with Gasteiger partial charge < -0.3 is 0 Å². The molecule has 3 nitrogen and oxygen atoms in total. The van der Waals surface area contributed by atoms with E-state index in [1.54, 1.807) is 0 Å². The summed E-state index contributed by atoms with van der Waals surface area (Å²) in [6.07, 6.45) is 5.41. The molecule has 0 fully saturated rings. The number of nitrogens with one attached hydrogen (secondary N) is 1. The molecule has 0 spiro atoms. The Balaban J connectivity index is 2.04. The van der Waals surface area contributed by atoms with Crippen LogP contribution in [0, 0.1) is 12.1 Å². The molecule has 0 saturated carbocycles. The smallest absolute Gasteiger partial charge is 0.117 e. The summed E-state index contributed by atoms with van der Waals surface area (Å²) in [6, 6.07) is 0. The molecule has 0 unspecified atom stereocenters. The van der Waals surface area contributed by atoms with Crippen LogP contribution in [-0.2, 0) is 13.0 Å².